The number of hydrogen-bond acceptors (Lipinski definition) is 2. The van der Waals surface area contributed by atoms with Crippen LogP contribution in [0.15, 0.2) is 30.5 Å². The number of aryl methyl sites for hydroxylation is 1. The first-order valence-electron chi connectivity index (χ1n) is 6.04. The van der Waals surface area contributed by atoms with E-state index in [2.05, 4.69) is 30.3 Å². The highest BCUT2D eigenvalue weighted by molar-refractivity contribution is 6.30. The van der Waals surface area contributed by atoms with Gasteiger partial charge in [-0.2, -0.15) is 5.10 Å². The van der Waals surface area contributed by atoms with Gasteiger partial charge in [-0.05, 0) is 31.5 Å². The zero-order valence-electron chi connectivity index (χ0n) is 10.9. The monoisotopic (exact) mass is 263 g/mol. The third-order valence-corrected chi connectivity index (χ3v) is 3.52. The molecule has 0 unspecified atom stereocenters. The molecule has 1 aromatic heterocycles. The van der Waals surface area contributed by atoms with Crippen LogP contribution < -0.4 is 5.32 Å². The molecule has 2 rings (SSSR count). The maximum absolute atomic E-state index is 5.99. The minimum Gasteiger partial charge on any atom is -0.306 e. The Balaban J connectivity index is 2.00. The van der Waals surface area contributed by atoms with Crippen molar-refractivity contribution in [2.24, 2.45) is 7.05 Å². The van der Waals surface area contributed by atoms with E-state index in [1.54, 1.807) is 0 Å². The van der Waals surface area contributed by atoms with Crippen molar-refractivity contribution < 1.29 is 0 Å². The summed E-state index contributed by atoms with van der Waals surface area (Å²) in [6.07, 6.45) is 1.91. The number of hydrogen-bond donors (Lipinski definition) is 1. The lowest BCUT2D eigenvalue weighted by atomic mass is 10.1. The van der Waals surface area contributed by atoms with E-state index in [9.17, 15) is 0 Å². The van der Waals surface area contributed by atoms with Gasteiger partial charge in [-0.1, -0.05) is 23.7 Å². The quantitative estimate of drug-likeness (QED) is 0.918. The van der Waals surface area contributed by atoms with Crippen molar-refractivity contribution in [3.63, 3.8) is 0 Å². The van der Waals surface area contributed by atoms with Gasteiger partial charge in [0, 0.05) is 35.9 Å². The van der Waals surface area contributed by atoms with Crippen molar-refractivity contribution in [3.05, 3.63) is 52.3 Å². The molecule has 0 radical (unpaired) electrons. The largest absolute Gasteiger partial charge is 0.306 e. The second kappa shape index (κ2) is 5.55. The molecule has 18 heavy (non-hydrogen) atoms. The molecule has 0 saturated heterocycles. The summed E-state index contributed by atoms with van der Waals surface area (Å²) in [4.78, 5) is 0. The predicted molar refractivity (Wildman–Crippen MR) is 74.7 cm³/mol. The Kier molecular flexibility index (Phi) is 4.04. The van der Waals surface area contributed by atoms with E-state index in [0.29, 0.717) is 0 Å². The molecule has 1 aromatic carbocycles. The molecule has 1 heterocycles. The average Bonchev–Trinajstić information content (AvgIpc) is 2.67. The fourth-order valence-electron chi connectivity index (χ4n) is 1.87. The van der Waals surface area contributed by atoms with Gasteiger partial charge < -0.3 is 5.32 Å². The highest BCUT2D eigenvalue weighted by Crippen LogP contribution is 2.18. The van der Waals surface area contributed by atoms with Crippen LogP contribution in [-0.2, 0) is 13.6 Å². The van der Waals surface area contributed by atoms with Crippen molar-refractivity contribution in [2.75, 3.05) is 0 Å². The van der Waals surface area contributed by atoms with E-state index in [-0.39, 0.29) is 6.04 Å². The van der Waals surface area contributed by atoms with Crippen LogP contribution in [0.3, 0.4) is 0 Å². The molecule has 0 fully saturated rings. The molecule has 0 saturated carbocycles. The first kappa shape index (κ1) is 13.1. The lowest BCUT2D eigenvalue weighted by molar-refractivity contribution is 0.572. The molecular formula is C14H18ClN3. The van der Waals surface area contributed by atoms with Gasteiger partial charge in [0.2, 0.25) is 0 Å². The van der Waals surface area contributed by atoms with Gasteiger partial charge in [-0.25, -0.2) is 0 Å². The van der Waals surface area contributed by atoms with Crippen molar-refractivity contribution in [1.29, 1.82) is 0 Å². The van der Waals surface area contributed by atoms with Crippen molar-refractivity contribution >= 4 is 11.6 Å². The average molecular weight is 264 g/mol. The molecule has 1 atom stereocenters. The molecule has 0 aliphatic carbocycles. The van der Waals surface area contributed by atoms with Crippen LogP contribution in [0.5, 0.6) is 0 Å². The van der Waals surface area contributed by atoms with Crippen LogP contribution in [0, 0.1) is 6.92 Å². The summed E-state index contributed by atoms with van der Waals surface area (Å²) in [6.45, 7) is 5.03. The van der Waals surface area contributed by atoms with Gasteiger partial charge in [0.25, 0.3) is 0 Å². The van der Waals surface area contributed by atoms with Crippen LogP contribution in [0.25, 0.3) is 0 Å². The summed E-state index contributed by atoms with van der Waals surface area (Å²) in [5.74, 6) is 0. The topological polar surface area (TPSA) is 29.9 Å². The minimum atomic E-state index is 0.267. The molecule has 96 valence electrons. The van der Waals surface area contributed by atoms with E-state index >= 15 is 0 Å². The summed E-state index contributed by atoms with van der Waals surface area (Å²) in [5.41, 5.74) is 3.62. The smallest absolute Gasteiger partial charge is 0.0537 e. The summed E-state index contributed by atoms with van der Waals surface area (Å²) < 4.78 is 1.89. The van der Waals surface area contributed by atoms with Gasteiger partial charge in [-0.15, -0.1) is 0 Å². The van der Waals surface area contributed by atoms with Crippen LogP contribution in [0.4, 0.5) is 0 Å². The standard InChI is InChI=1S/C14H18ClN3/c1-10(12-5-4-6-14(15)7-12)16-8-13-9-17-18(3)11(13)2/h4-7,9-10,16H,8H2,1-3H3/t10-/m1/s1. The number of nitrogens with one attached hydrogen (secondary N) is 1. The van der Waals surface area contributed by atoms with Gasteiger partial charge in [0.15, 0.2) is 0 Å². The molecule has 3 nitrogen and oxygen atoms in total. The Labute approximate surface area is 113 Å². The molecule has 0 aliphatic heterocycles. The first-order chi connectivity index (χ1) is 8.58. The highest BCUT2D eigenvalue weighted by atomic mass is 35.5. The Morgan fingerprint density at radius 1 is 1.44 bits per heavy atom. The van der Waals surface area contributed by atoms with E-state index in [4.69, 9.17) is 11.6 Å². The molecule has 1 N–H and O–H groups in total. The van der Waals surface area contributed by atoms with Crippen molar-refractivity contribution in [1.82, 2.24) is 15.1 Å². The molecular weight excluding hydrogens is 246 g/mol. The third kappa shape index (κ3) is 2.92. The molecule has 0 bridgehead atoms. The van der Waals surface area contributed by atoms with Gasteiger partial charge in [0.1, 0.15) is 0 Å². The fourth-order valence-corrected chi connectivity index (χ4v) is 2.07. The number of rotatable bonds is 4. The lowest BCUT2D eigenvalue weighted by Crippen LogP contribution is -2.18. The summed E-state index contributed by atoms with van der Waals surface area (Å²) in [5, 5.41) is 8.50. The van der Waals surface area contributed by atoms with E-state index < -0.39 is 0 Å². The lowest BCUT2D eigenvalue weighted by Gasteiger charge is -2.14. The predicted octanol–water partition coefficient (Wildman–Crippen LogP) is 3.23. The van der Waals surface area contributed by atoms with Gasteiger partial charge in [0.05, 0.1) is 6.20 Å². The summed E-state index contributed by atoms with van der Waals surface area (Å²) in [7, 11) is 1.96. The zero-order valence-corrected chi connectivity index (χ0v) is 11.7. The SMILES string of the molecule is Cc1c(CN[C@H](C)c2cccc(Cl)c2)cnn1C. The van der Waals surface area contributed by atoms with E-state index in [0.717, 1.165) is 11.6 Å². The number of halogens is 1. The van der Waals surface area contributed by atoms with E-state index in [1.807, 2.05) is 36.1 Å². The summed E-state index contributed by atoms with van der Waals surface area (Å²) >= 11 is 5.99. The molecule has 4 heteroatoms. The number of benzene rings is 1. The Morgan fingerprint density at radius 2 is 2.22 bits per heavy atom. The normalized spacial score (nSPS) is 12.7. The van der Waals surface area contributed by atoms with Crippen molar-refractivity contribution in [2.45, 2.75) is 26.4 Å². The first-order valence-corrected chi connectivity index (χ1v) is 6.42. The number of aromatic nitrogens is 2. The maximum Gasteiger partial charge on any atom is 0.0537 e. The molecule has 0 spiro atoms. The molecule has 2 aromatic rings. The van der Waals surface area contributed by atoms with Gasteiger partial charge >= 0.3 is 0 Å². The van der Waals surface area contributed by atoms with Crippen LogP contribution in [0.2, 0.25) is 5.02 Å². The van der Waals surface area contributed by atoms with Crippen LogP contribution >= 0.6 is 11.6 Å². The fraction of sp³-hybridized carbons (Fsp3) is 0.357. The minimum absolute atomic E-state index is 0.267. The maximum atomic E-state index is 5.99. The Bertz CT molecular complexity index is 534. The second-order valence-electron chi connectivity index (χ2n) is 4.54. The van der Waals surface area contributed by atoms with E-state index in [1.165, 1.54) is 16.8 Å². The Morgan fingerprint density at radius 3 is 2.83 bits per heavy atom. The van der Waals surface area contributed by atoms with Gasteiger partial charge in [-0.3, -0.25) is 4.68 Å². The third-order valence-electron chi connectivity index (χ3n) is 3.28. The summed E-state index contributed by atoms with van der Waals surface area (Å²) in [6, 6.07) is 8.21. The van der Waals surface area contributed by atoms with Crippen LogP contribution in [0.1, 0.15) is 29.8 Å². The highest BCUT2D eigenvalue weighted by Gasteiger charge is 2.08. The zero-order chi connectivity index (χ0) is 13.1. The second-order valence-corrected chi connectivity index (χ2v) is 4.97. The number of nitrogens with zero attached hydrogens (tertiary/aromatic N) is 2. The van der Waals surface area contributed by atoms with Crippen molar-refractivity contribution in [3.8, 4) is 0 Å². The Hall–Kier alpha value is -1.32. The molecule has 0 aliphatic rings. The van der Waals surface area contributed by atoms with Crippen LogP contribution in [-0.4, -0.2) is 9.78 Å². The molecule has 0 amide bonds.